The van der Waals surface area contributed by atoms with Crippen molar-refractivity contribution in [1.29, 1.82) is 0 Å². The molecule has 57 heavy (non-hydrogen) atoms. The van der Waals surface area contributed by atoms with E-state index < -0.39 is 0 Å². The maximum absolute atomic E-state index is 5.13. The zero-order chi connectivity index (χ0) is 37.5. The number of para-hydroxylation sites is 5. The van der Waals surface area contributed by atoms with Crippen LogP contribution in [0.4, 0.5) is 0 Å². The average molecular weight is 729 g/mol. The summed E-state index contributed by atoms with van der Waals surface area (Å²) in [7, 11) is 0. The van der Waals surface area contributed by atoms with Crippen molar-refractivity contribution in [3.05, 3.63) is 194 Å². The summed E-state index contributed by atoms with van der Waals surface area (Å²) in [5.41, 5.74) is 13.0. The third-order valence-corrected chi connectivity index (χ3v) is 11.3. The molecule has 6 nitrogen and oxygen atoms in total. The highest BCUT2D eigenvalue weighted by molar-refractivity contribution is 6.13. The molecular weight excluding hydrogens is 697 g/mol. The van der Waals surface area contributed by atoms with Gasteiger partial charge >= 0.3 is 0 Å². The van der Waals surface area contributed by atoms with Crippen LogP contribution >= 0.6 is 0 Å². The SMILES string of the molecule is c1ccc(-c2nc3nc(-c4ccccc4-n4c5ccccc5c5cc(-c6ccc7c(c6)c6ccccc6n7-c6ccccc6)ccc54)nn3c3ccccc23)cc1. The zero-order valence-electron chi connectivity index (χ0n) is 30.7. The van der Waals surface area contributed by atoms with E-state index in [4.69, 9.17) is 15.1 Å². The van der Waals surface area contributed by atoms with E-state index in [0.29, 0.717) is 11.6 Å². The molecule has 6 heteroatoms. The van der Waals surface area contributed by atoms with Crippen molar-refractivity contribution in [2.45, 2.75) is 0 Å². The Kier molecular flexibility index (Phi) is 6.83. The Labute approximate surface area is 327 Å². The second-order valence-electron chi connectivity index (χ2n) is 14.5. The Balaban J connectivity index is 1.03. The quantitative estimate of drug-likeness (QED) is 0.177. The maximum Gasteiger partial charge on any atom is 0.253 e. The average Bonchev–Trinajstić information content (AvgIpc) is 3.97. The van der Waals surface area contributed by atoms with E-state index >= 15 is 0 Å². The van der Waals surface area contributed by atoms with Crippen molar-refractivity contribution < 1.29 is 0 Å². The molecular formula is C51H32N6. The maximum atomic E-state index is 5.13. The monoisotopic (exact) mass is 728 g/mol. The normalized spacial score (nSPS) is 11.9. The highest BCUT2D eigenvalue weighted by Gasteiger charge is 2.21. The molecule has 12 rings (SSSR count). The van der Waals surface area contributed by atoms with Gasteiger partial charge < -0.3 is 9.13 Å². The summed E-state index contributed by atoms with van der Waals surface area (Å²) >= 11 is 0. The summed E-state index contributed by atoms with van der Waals surface area (Å²) in [5, 5.41) is 11.0. The molecule has 4 aromatic heterocycles. The van der Waals surface area contributed by atoms with Crippen molar-refractivity contribution in [3.63, 3.8) is 0 Å². The highest BCUT2D eigenvalue weighted by atomic mass is 15.3. The van der Waals surface area contributed by atoms with E-state index in [0.717, 1.165) is 50.1 Å². The lowest BCUT2D eigenvalue weighted by Crippen LogP contribution is -1.98. The van der Waals surface area contributed by atoms with Crippen LogP contribution in [0.1, 0.15) is 0 Å². The Morgan fingerprint density at radius 2 is 0.877 bits per heavy atom. The van der Waals surface area contributed by atoms with Crippen LogP contribution < -0.4 is 0 Å². The largest absolute Gasteiger partial charge is 0.309 e. The molecule has 0 atom stereocenters. The summed E-state index contributed by atoms with van der Waals surface area (Å²) < 4.78 is 6.59. The molecule has 0 unspecified atom stereocenters. The van der Waals surface area contributed by atoms with Crippen LogP contribution in [0.5, 0.6) is 0 Å². The Hall–Kier alpha value is -7.83. The molecule has 0 bridgehead atoms. The van der Waals surface area contributed by atoms with Crippen molar-refractivity contribution in [2.24, 2.45) is 0 Å². The molecule has 0 spiro atoms. The summed E-state index contributed by atoms with van der Waals surface area (Å²) in [4.78, 5) is 10.2. The fourth-order valence-corrected chi connectivity index (χ4v) is 8.76. The molecule has 0 aliphatic rings. The third kappa shape index (κ3) is 4.81. The summed E-state index contributed by atoms with van der Waals surface area (Å²) in [5.74, 6) is 1.19. The van der Waals surface area contributed by atoms with Gasteiger partial charge in [0.2, 0.25) is 0 Å². The lowest BCUT2D eigenvalue weighted by Gasteiger charge is -2.12. The topological polar surface area (TPSA) is 52.9 Å². The molecule has 0 fully saturated rings. The van der Waals surface area contributed by atoms with E-state index in [1.807, 2.05) is 34.8 Å². The second-order valence-corrected chi connectivity index (χ2v) is 14.5. The van der Waals surface area contributed by atoms with E-state index in [-0.39, 0.29) is 0 Å². The molecule has 0 radical (unpaired) electrons. The second kappa shape index (κ2) is 12.3. The van der Waals surface area contributed by atoms with E-state index in [9.17, 15) is 0 Å². The minimum atomic E-state index is 0.563. The van der Waals surface area contributed by atoms with Crippen LogP contribution in [0.15, 0.2) is 194 Å². The minimum absolute atomic E-state index is 0.563. The summed E-state index contributed by atoms with van der Waals surface area (Å²) in [6.07, 6.45) is 0. The first-order chi connectivity index (χ1) is 28.3. The van der Waals surface area contributed by atoms with Gasteiger partial charge in [0, 0.05) is 43.7 Å². The lowest BCUT2D eigenvalue weighted by molar-refractivity contribution is 0.987. The summed E-state index contributed by atoms with van der Waals surface area (Å²) in [6, 6.07) is 68.7. The van der Waals surface area contributed by atoms with Gasteiger partial charge in [-0.3, -0.25) is 0 Å². The fourth-order valence-electron chi connectivity index (χ4n) is 8.76. The molecule has 0 saturated carbocycles. The van der Waals surface area contributed by atoms with E-state index in [1.54, 1.807) is 0 Å². The zero-order valence-corrected chi connectivity index (χ0v) is 30.7. The number of hydrogen-bond acceptors (Lipinski definition) is 3. The predicted octanol–water partition coefficient (Wildman–Crippen LogP) is 12.5. The van der Waals surface area contributed by atoms with Gasteiger partial charge in [-0.25, -0.2) is 4.98 Å². The minimum Gasteiger partial charge on any atom is -0.309 e. The van der Waals surface area contributed by atoms with Crippen LogP contribution in [0.3, 0.4) is 0 Å². The van der Waals surface area contributed by atoms with Gasteiger partial charge in [0.15, 0.2) is 5.82 Å². The van der Waals surface area contributed by atoms with Gasteiger partial charge in [0.25, 0.3) is 5.78 Å². The molecule has 0 aliphatic carbocycles. The molecule has 4 heterocycles. The number of hydrogen-bond donors (Lipinski definition) is 0. The van der Waals surface area contributed by atoms with Crippen LogP contribution in [-0.4, -0.2) is 28.7 Å². The Morgan fingerprint density at radius 1 is 0.351 bits per heavy atom. The van der Waals surface area contributed by atoms with Crippen LogP contribution in [-0.2, 0) is 0 Å². The smallest absolute Gasteiger partial charge is 0.253 e. The van der Waals surface area contributed by atoms with Gasteiger partial charge in [-0.1, -0.05) is 127 Å². The van der Waals surface area contributed by atoms with Gasteiger partial charge in [-0.15, -0.1) is 5.10 Å². The van der Waals surface area contributed by atoms with Crippen molar-refractivity contribution >= 4 is 60.3 Å². The molecule has 0 amide bonds. The molecule has 12 aromatic rings. The first kappa shape index (κ1) is 31.5. The third-order valence-electron chi connectivity index (χ3n) is 11.3. The first-order valence-corrected chi connectivity index (χ1v) is 19.2. The van der Waals surface area contributed by atoms with Gasteiger partial charge in [0.05, 0.1) is 39.0 Å². The molecule has 0 saturated heterocycles. The Bertz CT molecular complexity index is 3520. The van der Waals surface area contributed by atoms with Gasteiger partial charge in [-0.2, -0.15) is 9.50 Å². The molecule has 266 valence electrons. The summed E-state index contributed by atoms with van der Waals surface area (Å²) in [6.45, 7) is 0. The van der Waals surface area contributed by atoms with Gasteiger partial charge in [0.1, 0.15) is 0 Å². The standard InChI is InChI=1S/C51H32N6/c1-3-15-33(16-4-1)49-39-21-9-14-26-48(39)57-51(52-49)53-50(54-57)40-22-10-13-25-45(40)56-44-24-12-8-20-38(44)42-32-35(28-30-47(42)56)34-27-29-46-41(31-34)37-19-7-11-23-43(37)55(46)36-17-5-2-6-18-36/h1-32H. The number of nitrogens with zero attached hydrogens (tertiary/aromatic N) is 6. The van der Waals surface area contributed by atoms with Crippen molar-refractivity contribution in [2.75, 3.05) is 0 Å². The van der Waals surface area contributed by atoms with Crippen LogP contribution in [0, 0.1) is 0 Å². The molecule has 0 N–H and O–H groups in total. The molecule has 0 aliphatic heterocycles. The number of fused-ring (bicyclic) bond motifs is 9. The van der Waals surface area contributed by atoms with Crippen LogP contribution in [0.2, 0.25) is 0 Å². The van der Waals surface area contributed by atoms with Crippen molar-refractivity contribution in [1.82, 2.24) is 28.7 Å². The first-order valence-electron chi connectivity index (χ1n) is 19.2. The fraction of sp³-hybridized carbons (Fsp3) is 0. The highest BCUT2D eigenvalue weighted by Crippen LogP contribution is 2.40. The van der Waals surface area contributed by atoms with Crippen LogP contribution in [0.25, 0.3) is 105 Å². The van der Waals surface area contributed by atoms with Gasteiger partial charge in [-0.05, 0) is 77.9 Å². The molecule has 8 aromatic carbocycles. The van der Waals surface area contributed by atoms with E-state index in [1.165, 1.54) is 43.7 Å². The van der Waals surface area contributed by atoms with Crippen molar-refractivity contribution in [3.8, 4) is 45.1 Å². The predicted molar refractivity (Wildman–Crippen MR) is 233 cm³/mol. The lowest BCUT2D eigenvalue weighted by atomic mass is 10.0. The number of benzene rings is 8. The Morgan fingerprint density at radius 3 is 1.58 bits per heavy atom. The number of rotatable bonds is 5. The van der Waals surface area contributed by atoms with E-state index in [2.05, 4.69) is 173 Å². The number of aromatic nitrogens is 6.